The fourth-order valence-electron chi connectivity index (χ4n) is 3.11. The van der Waals surface area contributed by atoms with E-state index in [-0.39, 0.29) is 4.90 Å². The van der Waals surface area contributed by atoms with Gasteiger partial charge in [0, 0.05) is 31.7 Å². The molecule has 0 atom stereocenters. The molecule has 0 radical (unpaired) electrons. The molecule has 0 amide bonds. The lowest BCUT2D eigenvalue weighted by atomic mass is 10.2. The van der Waals surface area contributed by atoms with E-state index in [0.29, 0.717) is 35.5 Å². The minimum atomic E-state index is -3.59. The molecule has 1 fully saturated rings. The zero-order chi connectivity index (χ0) is 17.4. The van der Waals surface area contributed by atoms with Crippen LogP contribution in [0.25, 0.3) is 0 Å². The molecule has 25 heavy (non-hydrogen) atoms. The molecule has 1 aromatic carbocycles. The zero-order valence-corrected chi connectivity index (χ0v) is 14.9. The summed E-state index contributed by atoms with van der Waals surface area (Å²) in [7, 11) is -3.59. The Morgan fingerprint density at radius 2 is 1.64 bits per heavy atom. The van der Waals surface area contributed by atoms with E-state index in [1.165, 1.54) is 0 Å². The molecule has 1 aromatic heterocycles. The van der Waals surface area contributed by atoms with E-state index in [1.807, 2.05) is 17.0 Å². The van der Waals surface area contributed by atoms with Crippen LogP contribution >= 0.6 is 11.6 Å². The Morgan fingerprint density at radius 1 is 0.960 bits per heavy atom. The number of aromatic nitrogens is 2. The van der Waals surface area contributed by atoms with E-state index in [4.69, 9.17) is 11.6 Å². The number of rotatable bonds is 1. The van der Waals surface area contributed by atoms with Gasteiger partial charge in [-0.1, -0.05) is 23.7 Å². The summed E-state index contributed by atoms with van der Waals surface area (Å²) in [6, 6.07) is 6.97. The third-order valence-electron chi connectivity index (χ3n) is 4.30. The van der Waals surface area contributed by atoms with Crippen molar-refractivity contribution in [2.75, 3.05) is 31.1 Å². The van der Waals surface area contributed by atoms with Gasteiger partial charge >= 0.3 is 0 Å². The van der Waals surface area contributed by atoms with Crippen molar-refractivity contribution in [3.8, 4) is 0 Å². The minimum absolute atomic E-state index is 0.284. The van der Waals surface area contributed by atoms with Gasteiger partial charge in [0.15, 0.2) is 5.84 Å². The molecule has 7 nitrogen and oxygen atoms in total. The number of anilines is 1. The van der Waals surface area contributed by atoms with Gasteiger partial charge < -0.3 is 9.80 Å². The molecule has 2 aliphatic heterocycles. The molecule has 0 saturated carbocycles. The van der Waals surface area contributed by atoms with E-state index < -0.39 is 10.0 Å². The van der Waals surface area contributed by atoms with Crippen molar-refractivity contribution in [3.05, 3.63) is 47.2 Å². The van der Waals surface area contributed by atoms with Crippen LogP contribution < -0.4 is 4.90 Å². The summed E-state index contributed by atoms with van der Waals surface area (Å²) in [5, 5.41) is 0.502. The van der Waals surface area contributed by atoms with Crippen LogP contribution in [0.3, 0.4) is 0 Å². The average molecular weight is 378 g/mol. The van der Waals surface area contributed by atoms with Crippen molar-refractivity contribution < 1.29 is 8.42 Å². The Balaban J connectivity index is 1.57. The van der Waals surface area contributed by atoms with Crippen LogP contribution in [0, 0.1) is 0 Å². The third kappa shape index (κ3) is 3.07. The predicted octanol–water partition coefficient (Wildman–Crippen LogP) is 1.79. The Bertz CT molecular complexity index is 930. The molecule has 0 spiro atoms. The van der Waals surface area contributed by atoms with Crippen LogP contribution in [0.2, 0.25) is 5.02 Å². The second-order valence-corrected chi connectivity index (χ2v) is 7.92. The third-order valence-corrected chi connectivity index (χ3v) is 5.82. The Morgan fingerprint density at radius 3 is 2.44 bits per heavy atom. The number of halogens is 1. The highest BCUT2D eigenvalue weighted by atomic mass is 35.5. The minimum Gasteiger partial charge on any atom is -0.354 e. The maximum absolute atomic E-state index is 12.3. The van der Waals surface area contributed by atoms with Crippen molar-refractivity contribution in [2.24, 2.45) is 4.40 Å². The second kappa shape index (κ2) is 6.27. The molecule has 0 N–H and O–H groups in total. The molecule has 0 aliphatic carbocycles. The topological polar surface area (TPSA) is 78.8 Å². The van der Waals surface area contributed by atoms with Crippen LogP contribution in [0.15, 0.2) is 46.0 Å². The van der Waals surface area contributed by atoms with Gasteiger partial charge in [-0.05, 0) is 18.6 Å². The summed E-state index contributed by atoms with van der Waals surface area (Å²) in [5.41, 5.74) is 0.679. The first-order valence-corrected chi connectivity index (χ1v) is 9.78. The quantitative estimate of drug-likeness (QED) is 0.754. The lowest BCUT2D eigenvalue weighted by molar-refractivity contribution is 0.449. The lowest BCUT2D eigenvalue weighted by Gasteiger charge is -2.23. The Labute approximate surface area is 151 Å². The first-order chi connectivity index (χ1) is 12.0. The average Bonchev–Trinajstić information content (AvgIpc) is 2.77. The Kier molecular flexibility index (Phi) is 4.09. The van der Waals surface area contributed by atoms with Crippen LogP contribution in [-0.2, 0) is 10.0 Å². The fraction of sp³-hybridized carbons (Fsp3) is 0.312. The molecular formula is C16H16ClN5O2S. The van der Waals surface area contributed by atoms with E-state index >= 15 is 0 Å². The molecule has 2 aromatic rings. The van der Waals surface area contributed by atoms with Gasteiger partial charge in [0.25, 0.3) is 10.0 Å². The van der Waals surface area contributed by atoms with E-state index in [2.05, 4.69) is 19.3 Å². The van der Waals surface area contributed by atoms with Crippen LogP contribution in [0.5, 0.6) is 0 Å². The van der Waals surface area contributed by atoms with Crippen LogP contribution in [0.4, 0.5) is 5.95 Å². The summed E-state index contributed by atoms with van der Waals surface area (Å²) in [6.07, 6.45) is 4.01. The molecule has 0 bridgehead atoms. The molecule has 1 saturated heterocycles. The summed E-state index contributed by atoms with van der Waals surface area (Å²) in [5.74, 6) is 1.17. The molecule has 2 aliphatic rings. The van der Waals surface area contributed by atoms with Gasteiger partial charge in [0.05, 0.1) is 17.4 Å². The molecule has 130 valence electrons. The van der Waals surface area contributed by atoms with Gasteiger partial charge in [0.1, 0.15) is 4.90 Å². The summed E-state index contributed by atoms with van der Waals surface area (Å²) in [6.45, 7) is 2.85. The van der Waals surface area contributed by atoms with Crippen LogP contribution in [-0.4, -0.2) is 55.3 Å². The number of hydrogen-bond donors (Lipinski definition) is 0. The second-order valence-electron chi connectivity index (χ2n) is 5.92. The van der Waals surface area contributed by atoms with E-state index in [0.717, 1.165) is 19.5 Å². The van der Waals surface area contributed by atoms with Crippen molar-refractivity contribution >= 4 is 33.4 Å². The first kappa shape index (κ1) is 16.3. The SMILES string of the molecule is O=S1(=O)N=C(N2CCCN(c3ncc(Cl)cn3)CC2)c2ccccc21. The summed E-state index contributed by atoms with van der Waals surface area (Å²) in [4.78, 5) is 12.9. The number of nitrogens with zero attached hydrogens (tertiary/aromatic N) is 5. The largest absolute Gasteiger partial charge is 0.354 e. The highest BCUT2D eigenvalue weighted by molar-refractivity contribution is 7.90. The summed E-state index contributed by atoms with van der Waals surface area (Å²) < 4.78 is 28.5. The number of fused-ring (bicyclic) bond motifs is 1. The smallest absolute Gasteiger partial charge is 0.285 e. The highest BCUT2D eigenvalue weighted by Crippen LogP contribution is 2.28. The zero-order valence-electron chi connectivity index (χ0n) is 13.3. The van der Waals surface area contributed by atoms with Gasteiger partial charge in [-0.25, -0.2) is 9.97 Å². The molecule has 4 rings (SSSR count). The maximum Gasteiger partial charge on any atom is 0.285 e. The fourth-order valence-corrected chi connectivity index (χ4v) is 4.44. The Hall–Kier alpha value is -2.19. The highest BCUT2D eigenvalue weighted by Gasteiger charge is 2.32. The number of benzene rings is 1. The molecule has 3 heterocycles. The van der Waals surface area contributed by atoms with Crippen LogP contribution in [0.1, 0.15) is 12.0 Å². The van der Waals surface area contributed by atoms with Crippen molar-refractivity contribution in [2.45, 2.75) is 11.3 Å². The van der Waals surface area contributed by atoms with E-state index in [9.17, 15) is 8.42 Å². The monoisotopic (exact) mass is 377 g/mol. The maximum atomic E-state index is 12.3. The van der Waals surface area contributed by atoms with E-state index in [1.54, 1.807) is 24.5 Å². The predicted molar refractivity (Wildman–Crippen MR) is 95.6 cm³/mol. The summed E-state index contributed by atoms with van der Waals surface area (Å²) >= 11 is 5.84. The van der Waals surface area contributed by atoms with Crippen molar-refractivity contribution in [1.29, 1.82) is 0 Å². The lowest BCUT2D eigenvalue weighted by Crippen LogP contribution is -2.35. The molecule has 0 unspecified atom stereocenters. The van der Waals surface area contributed by atoms with Crippen molar-refractivity contribution in [3.63, 3.8) is 0 Å². The van der Waals surface area contributed by atoms with Gasteiger partial charge in [-0.2, -0.15) is 8.42 Å². The number of amidine groups is 1. The van der Waals surface area contributed by atoms with Gasteiger partial charge in [-0.3, -0.25) is 0 Å². The molecular weight excluding hydrogens is 362 g/mol. The number of hydrogen-bond acceptors (Lipinski definition) is 6. The normalized spacial score (nSPS) is 19.3. The van der Waals surface area contributed by atoms with Gasteiger partial charge in [-0.15, -0.1) is 4.40 Å². The molecule has 9 heteroatoms. The number of sulfonamides is 1. The first-order valence-electron chi connectivity index (χ1n) is 7.96. The van der Waals surface area contributed by atoms with Crippen molar-refractivity contribution in [1.82, 2.24) is 14.9 Å². The van der Waals surface area contributed by atoms with Gasteiger partial charge in [0.2, 0.25) is 5.95 Å². The standard InChI is InChI=1S/C16H16ClN5O2S/c17-12-10-18-16(19-11-12)22-7-3-6-21(8-9-22)15-13-4-1-2-5-14(13)25(23,24)20-15/h1-2,4-5,10-11H,3,6-9H2.